The lowest BCUT2D eigenvalue weighted by Crippen LogP contribution is -2.17. The highest BCUT2D eigenvalue weighted by Crippen LogP contribution is 2.28. The summed E-state index contributed by atoms with van der Waals surface area (Å²) in [6.07, 6.45) is 2.60. The molecule has 9 heteroatoms. The lowest BCUT2D eigenvalue weighted by molar-refractivity contribution is 0.103. The van der Waals surface area contributed by atoms with E-state index in [0.717, 1.165) is 16.7 Å². The Morgan fingerprint density at radius 2 is 1.66 bits per heavy atom. The van der Waals surface area contributed by atoms with E-state index in [0.29, 0.717) is 11.3 Å². The van der Waals surface area contributed by atoms with Crippen molar-refractivity contribution in [1.82, 2.24) is 19.7 Å². The van der Waals surface area contributed by atoms with Gasteiger partial charge in [0, 0.05) is 24.4 Å². The molecule has 2 aromatic heterocycles. The fourth-order valence-corrected chi connectivity index (χ4v) is 4.34. The molecule has 0 amide bonds. The van der Waals surface area contributed by atoms with Crippen LogP contribution >= 0.6 is 0 Å². The number of carbonyl (C=O) groups is 1. The van der Waals surface area contributed by atoms with Crippen LogP contribution in [0.25, 0.3) is 11.3 Å². The van der Waals surface area contributed by atoms with Crippen LogP contribution in [-0.2, 0) is 17.1 Å². The summed E-state index contributed by atoms with van der Waals surface area (Å²) >= 11 is 0. The Morgan fingerprint density at radius 1 is 0.969 bits per heavy atom. The van der Waals surface area contributed by atoms with Gasteiger partial charge in [-0.25, -0.2) is 23.1 Å². The zero-order valence-corrected chi connectivity index (χ0v) is 18.6. The van der Waals surface area contributed by atoms with E-state index in [1.54, 1.807) is 37.4 Å². The molecular formula is C23H21N5O3S. The van der Waals surface area contributed by atoms with Gasteiger partial charge in [0.05, 0.1) is 11.9 Å². The van der Waals surface area contributed by atoms with Gasteiger partial charge in [-0.05, 0) is 31.0 Å². The van der Waals surface area contributed by atoms with Gasteiger partial charge in [-0.1, -0.05) is 48.5 Å². The number of aromatic nitrogens is 4. The number of hydrogen-bond donors (Lipinski definition) is 1. The van der Waals surface area contributed by atoms with Gasteiger partial charge in [0.25, 0.3) is 10.0 Å². The van der Waals surface area contributed by atoms with Crippen LogP contribution in [0.4, 0.5) is 5.95 Å². The van der Waals surface area contributed by atoms with Gasteiger partial charge >= 0.3 is 0 Å². The van der Waals surface area contributed by atoms with Crippen LogP contribution in [0.3, 0.4) is 0 Å². The van der Waals surface area contributed by atoms with Gasteiger partial charge in [0.1, 0.15) is 10.6 Å². The van der Waals surface area contributed by atoms with Crippen molar-refractivity contribution in [2.75, 3.05) is 4.72 Å². The van der Waals surface area contributed by atoms with Crippen molar-refractivity contribution in [2.24, 2.45) is 7.05 Å². The quantitative estimate of drug-likeness (QED) is 0.453. The largest absolute Gasteiger partial charge is 0.287 e. The van der Waals surface area contributed by atoms with Crippen molar-refractivity contribution >= 4 is 21.8 Å². The van der Waals surface area contributed by atoms with Crippen LogP contribution < -0.4 is 4.72 Å². The second-order valence-electron chi connectivity index (χ2n) is 7.38. The number of sulfonamides is 1. The second-order valence-corrected chi connectivity index (χ2v) is 9.06. The van der Waals surface area contributed by atoms with Gasteiger partial charge in [-0.2, -0.15) is 5.10 Å². The molecule has 0 spiro atoms. The molecule has 8 nitrogen and oxygen atoms in total. The summed E-state index contributed by atoms with van der Waals surface area (Å²) in [6, 6.07) is 16.1. The first-order valence-corrected chi connectivity index (χ1v) is 11.3. The summed E-state index contributed by atoms with van der Waals surface area (Å²) in [4.78, 5) is 21.8. The van der Waals surface area contributed by atoms with Crippen LogP contribution in [0.2, 0.25) is 0 Å². The molecule has 4 rings (SSSR count). The Kier molecular flexibility index (Phi) is 5.58. The first kappa shape index (κ1) is 21.4. The molecule has 0 unspecified atom stereocenters. The zero-order valence-electron chi connectivity index (χ0n) is 17.8. The van der Waals surface area contributed by atoms with E-state index in [2.05, 4.69) is 19.8 Å². The molecular weight excluding hydrogens is 426 g/mol. The lowest BCUT2D eigenvalue weighted by atomic mass is 9.98. The number of benzene rings is 2. The summed E-state index contributed by atoms with van der Waals surface area (Å²) in [7, 11) is -2.37. The predicted molar refractivity (Wildman–Crippen MR) is 121 cm³/mol. The molecule has 0 aliphatic rings. The summed E-state index contributed by atoms with van der Waals surface area (Å²) in [5.74, 6) is -0.518. The molecule has 0 saturated carbocycles. The van der Waals surface area contributed by atoms with Gasteiger partial charge in [-0.3, -0.25) is 9.48 Å². The molecule has 2 heterocycles. The number of rotatable bonds is 6. The molecule has 0 atom stereocenters. The Balaban J connectivity index is 1.85. The fraction of sp³-hybridized carbons (Fsp3) is 0.130. The smallest absolute Gasteiger partial charge is 0.267 e. The van der Waals surface area contributed by atoms with Crippen molar-refractivity contribution in [3.05, 3.63) is 89.4 Å². The maximum atomic E-state index is 13.1. The molecule has 0 fully saturated rings. The van der Waals surface area contributed by atoms with Crippen LogP contribution in [-0.4, -0.2) is 33.9 Å². The van der Waals surface area contributed by atoms with E-state index in [1.165, 1.54) is 17.1 Å². The van der Waals surface area contributed by atoms with Crippen LogP contribution in [0.5, 0.6) is 0 Å². The van der Waals surface area contributed by atoms with Crippen molar-refractivity contribution in [3.63, 3.8) is 0 Å². The Hall–Kier alpha value is -3.85. The minimum atomic E-state index is -3.99. The Bertz CT molecular complexity index is 1390. The van der Waals surface area contributed by atoms with Gasteiger partial charge < -0.3 is 0 Å². The standard InChI is InChI=1S/C23H21N5O3S/c1-15-8-7-9-16(2)21(15)19-12-20(22(29)17-10-5-4-6-11-17)26-23(25-19)27-32(30,31)18-13-24-28(3)14-18/h4-14H,1-3H3,(H,25,26,27). The SMILES string of the molecule is Cc1cccc(C)c1-c1cc(C(=O)c2ccccc2)nc(NS(=O)(=O)c2cnn(C)c2)n1. The molecule has 162 valence electrons. The number of ketones is 1. The molecule has 32 heavy (non-hydrogen) atoms. The van der Waals surface area contributed by atoms with Crippen molar-refractivity contribution in [1.29, 1.82) is 0 Å². The normalized spacial score (nSPS) is 11.3. The highest BCUT2D eigenvalue weighted by molar-refractivity contribution is 7.92. The minimum Gasteiger partial charge on any atom is -0.287 e. The van der Waals surface area contributed by atoms with Crippen molar-refractivity contribution in [2.45, 2.75) is 18.7 Å². The molecule has 0 aliphatic heterocycles. The molecule has 0 saturated heterocycles. The molecule has 0 aliphatic carbocycles. The summed E-state index contributed by atoms with van der Waals surface area (Å²) in [5, 5.41) is 3.90. The summed E-state index contributed by atoms with van der Waals surface area (Å²) < 4.78 is 29.4. The average Bonchev–Trinajstić information content (AvgIpc) is 3.21. The van der Waals surface area contributed by atoms with Crippen LogP contribution in [0.1, 0.15) is 27.2 Å². The number of aryl methyl sites for hydroxylation is 3. The zero-order chi connectivity index (χ0) is 22.9. The van der Waals surface area contributed by atoms with E-state index in [-0.39, 0.29) is 22.3 Å². The van der Waals surface area contributed by atoms with Crippen LogP contribution in [0, 0.1) is 13.8 Å². The minimum absolute atomic E-state index is 0.0305. The number of carbonyl (C=O) groups excluding carboxylic acids is 1. The Labute approximate surface area is 186 Å². The van der Waals surface area contributed by atoms with E-state index >= 15 is 0 Å². The molecule has 2 aromatic carbocycles. The third-order valence-electron chi connectivity index (χ3n) is 4.95. The van der Waals surface area contributed by atoms with Crippen molar-refractivity contribution in [3.8, 4) is 11.3 Å². The molecule has 1 N–H and O–H groups in total. The molecule has 0 bridgehead atoms. The van der Waals surface area contributed by atoms with Crippen molar-refractivity contribution < 1.29 is 13.2 Å². The third-order valence-corrected chi connectivity index (χ3v) is 6.23. The van der Waals surface area contributed by atoms with Gasteiger partial charge in [0.2, 0.25) is 11.7 Å². The third kappa shape index (κ3) is 4.28. The topological polar surface area (TPSA) is 107 Å². The summed E-state index contributed by atoms with van der Waals surface area (Å²) in [5.41, 5.74) is 3.70. The van der Waals surface area contributed by atoms with E-state index in [9.17, 15) is 13.2 Å². The highest BCUT2D eigenvalue weighted by Gasteiger charge is 2.21. The predicted octanol–water partition coefficient (Wildman–Crippen LogP) is 3.53. The second kappa shape index (κ2) is 8.35. The number of nitrogens with zero attached hydrogens (tertiary/aromatic N) is 4. The average molecular weight is 448 g/mol. The lowest BCUT2D eigenvalue weighted by Gasteiger charge is -2.13. The van der Waals surface area contributed by atoms with E-state index < -0.39 is 10.0 Å². The molecule has 4 aromatic rings. The number of hydrogen-bond acceptors (Lipinski definition) is 6. The van der Waals surface area contributed by atoms with Crippen LogP contribution in [0.15, 0.2) is 71.9 Å². The first-order valence-electron chi connectivity index (χ1n) is 9.81. The molecule has 0 radical (unpaired) electrons. The number of nitrogens with one attached hydrogen (secondary N) is 1. The fourth-order valence-electron chi connectivity index (χ4n) is 3.41. The summed E-state index contributed by atoms with van der Waals surface area (Å²) in [6.45, 7) is 3.87. The monoisotopic (exact) mass is 447 g/mol. The Morgan fingerprint density at radius 3 is 2.28 bits per heavy atom. The van der Waals surface area contributed by atoms with E-state index in [4.69, 9.17) is 0 Å². The maximum Gasteiger partial charge on any atom is 0.267 e. The van der Waals surface area contributed by atoms with E-state index in [1.807, 2.05) is 38.1 Å². The first-order chi connectivity index (χ1) is 15.2. The van der Waals surface area contributed by atoms with Gasteiger partial charge in [0.15, 0.2) is 0 Å². The maximum absolute atomic E-state index is 13.1. The number of anilines is 1. The highest BCUT2D eigenvalue weighted by atomic mass is 32.2. The van der Waals surface area contributed by atoms with Gasteiger partial charge in [-0.15, -0.1) is 0 Å².